The van der Waals surface area contributed by atoms with Crippen LogP contribution in [-0.2, 0) is 20.7 Å². The fraction of sp³-hybridized carbons (Fsp3) is 0.211. The maximum Gasteiger partial charge on any atom is 0.339 e. The second kappa shape index (κ2) is 9.22. The predicted molar refractivity (Wildman–Crippen MR) is 96.1 cm³/mol. The number of esters is 1. The largest absolute Gasteiger partial charge is 0.497 e. The summed E-state index contributed by atoms with van der Waals surface area (Å²) in [7, 11) is 2.82. The first-order valence-corrected chi connectivity index (χ1v) is 7.94. The Morgan fingerprint density at radius 2 is 1.73 bits per heavy atom. The first kappa shape index (κ1) is 19.0. The number of benzene rings is 2. The Bertz CT molecular complexity index is 804. The normalized spacial score (nSPS) is 9.92. The molecule has 0 unspecified atom stereocenters. The highest BCUT2D eigenvalue weighted by atomic mass is 16.5. The number of para-hydroxylation sites is 1. The van der Waals surface area contributed by atoms with Crippen molar-refractivity contribution in [3.8, 4) is 5.75 Å². The fourth-order valence-corrected chi connectivity index (χ4v) is 2.29. The Hall–Kier alpha value is -3.35. The van der Waals surface area contributed by atoms with Crippen molar-refractivity contribution in [2.45, 2.75) is 6.42 Å². The van der Waals surface area contributed by atoms with Gasteiger partial charge in [0.05, 0.1) is 25.5 Å². The maximum absolute atomic E-state index is 12.0. The van der Waals surface area contributed by atoms with E-state index in [-0.39, 0.29) is 17.8 Å². The Labute approximate surface area is 151 Å². The van der Waals surface area contributed by atoms with Gasteiger partial charge in [0.1, 0.15) is 5.75 Å². The van der Waals surface area contributed by atoms with Crippen LogP contribution >= 0.6 is 0 Å². The van der Waals surface area contributed by atoms with E-state index in [9.17, 15) is 14.4 Å². The predicted octanol–water partition coefficient (Wildman–Crippen LogP) is 1.78. The SMILES string of the molecule is COC(=O)c1ccccc1NC(=O)C(=O)NCCc1cccc(OC)c1. The van der Waals surface area contributed by atoms with Gasteiger partial charge in [-0.05, 0) is 36.2 Å². The molecule has 0 aliphatic rings. The van der Waals surface area contributed by atoms with E-state index in [0.717, 1.165) is 11.3 Å². The zero-order valence-corrected chi connectivity index (χ0v) is 14.6. The number of carbonyl (C=O) groups excluding carboxylic acids is 3. The van der Waals surface area contributed by atoms with Gasteiger partial charge in [-0.25, -0.2) is 4.79 Å². The van der Waals surface area contributed by atoms with E-state index >= 15 is 0 Å². The highest BCUT2D eigenvalue weighted by molar-refractivity contribution is 6.40. The molecule has 2 amide bonds. The van der Waals surface area contributed by atoms with Crippen LogP contribution in [0.4, 0.5) is 5.69 Å². The summed E-state index contributed by atoms with van der Waals surface area (Å²) >= 11 is 0. The molecule has 7 nitrogen and oxygen atoms in total. The van der Waals surface area contributed by atoms with Gasteiger partial charge in [0.2, 0.25) is 0 Å². The van der Waals surface area contributed by atoms with Crippen LogP contribution in [0.3, 0.4) is 0 Å². The molecule has 0 aromatic heterocycles. The molecule has 0 saturated carbocycles. The molecule has 0 heterocycles. The lowest BCUT2D eigenvalue weighted by atomic mass is 10.1. The number of hydrogen-bond donors (Lipinski definition) is 2. The average molecular weight is 356 g/mol. The highest BCUT2D eigenvalue weighted by Crippen LogP contribution is 2.16. The van der Waals surface area contributed by atoms with E-state index in [0.29, 0.717) is 6.42 Å². The van der Waals surface area contributed by atoms with E-state index < -0.39 is 17.8 Å². The number of nitrogens with one attached hydrogen (secondary N) is 2. The number of hydrogen-bond acceptors (Lipinski definition) is 5. The van der Waals surface area contributed by atoms with Gasteiger partial charge in [0, 0.05) is 6.54 Å². The minimum absolute atomic E-state index is 0.174. The van der Waals surface area contributed by atoms with E-state index in [1.54, 1.807) is 19.2 Å². The number of amides is 2. The smallest absolute Gasteiger partial charge is 0.339 e. The third-order valence-electron chi connectivity index (χ3n) is 3.62. The number of rotatable bonds is 6. The summed E-state index contributed by atoms with van der Waals surface area (Å²) in [4.78, 5) is 35.7. The standard InChI is InChI=1S/C19H20N2O5/c1-25-14-7-5-6-13(12-14)10-11-20-17(22)18(23)21-16-9-4-3-8-15(16)19(24)26-2/h3-9,12H,10-11H2,1-2H3,(H,20,22)(H,21,23). The molecule has 136 valence electrons. The van der Waals surface area contributed by atoms with E-state index in [4.69, 9.17) is 4.74 Å². The highest BCUT2D eigenvalue weighted by Gasteiger charge is 2.17. The average Bonchev–Trinajstić information content (AvgIpc) is 2.67. The van der Waals surface area contributed by atoms with Crippen LogP contribution in [0.1, 0.15) is 15.9 Å². The van der Waals surface area contributed by atoms with Crippen LogP contribution in [0, 0.1) is 0 Å². The summed E-state index contributed by atoms with van der Waals surface area (Å²) in [5.74, 6) is -1.51. The van der Waals surface area contributed by atoms with E-state index in [2.05, 4.69) is 15.4 Å². The molecule has 0 spiro atoms. The summed E-state index contributed by atoms with van der Waals surface area (Å²) in [6, 6.07) is 13.7. The summed E-state index contributed by atoms with van der Waals surface area (Å²) < 4.78 is 9.79. The molecule has 0 fully saturated rings. The molecule has 7 heteroatoms. The van der Waals surface area contributed by atoms with E-state index in [1.807, 2.05) is 24.3 Å². The molecule has 2 aromatic rings. The quantitative estimate of drug-likeness (QED) is 0.608. The van der Waals surface area contributed by atoms with Crippen molar-refractivity contribution in [2.75, 3.05) is 26.1 Å². The molecule has 0 bridgehead atoms. The lowest BCUT2D eigenvalue weighted by Gasteiger charge is -2.10. The minimum atomic E-state index is -0.855. The number of anilines is 1. The minimum Gasteiger partial charge on any atom is -0.497 e. The van der Waals surface area contributed by atoms with Crippen molar-refractivity contribution < 1.29 is 23.9 Å². The van der Waals surface area contributed by atoms with Gasteiger partial charge in [-0.1, -0.05) is 24.3 Å². The zero-order chi connectivity index (χ0) is 18.9. The molecule has 0 aliphatic carbocycles. The molecule has 26 heavy (non-hydrogen) atoms. The number of ether oxygens (including phenoxy) is 2. The summed E-state index contributed by atoms with van der Waals surface area (Å²) in [5.41, 5.74) is 1.36. The fourth-order valence-electron chi connectivity index (χ4n) is 2.29. The molecule has 2 aromatic carbocycles. The summed E-state index contributed by atoms with van der Waals surface area (Å²) in [6.07, 6.45) is 0.551. The summed E-state index contributed by atoms with van der Waals surface area (Å²) in [6.45, 7) is 0.290. The zero-order valence-electron chi connectivity index (χ0n) is 14.6. The Morgan fingerprint density at radius 1 is 0.962 bits per heavy atom. The molecule has 2 rings (SSSR count). The number of methoxy groups -OCH3 is 2. The molecule has 0 radical (unpaired) electrons. The van der Waals surface area contributed by atoms with Gasteiger partial charge in [-0.2, -0.15) is 0 Å². The molecular weight excluding hydrogens is 336 g/mol. The van der Waals surface area contributed by atoms with Crippen LogP contribution in [0.2, 0.25) is 0 Å². The topological polar surface area (TPSA) is 93.7 Å². The van der Waals surface area contributed by atoms with Crippen LogP contribution in [-0.4, -0.2) is 38.5 Å². The molecular formula is C19H20N2O5. The Balaban J connectivity index is 1.90. The molecule has 0 atom stereocenters. The van der Waals surface area contributed by atoms with Crippen LogP contribution < -0.4 is 15.4 Å². The molecule has 0 aliphatic heterocycles. The third-order valence-corrected chi connectivity index (χ3v) is 3.62. The van der Waals surface area contributed by atoms with Crippen LogP contribution in [0.15, 0.2) is 48.5 Å². The van der Waals surface area contributed by atoms with Crippen molar-refractivity contribution in [1.29, 1.82) is 0 Å². The van der Waals surface area contributed by atoms with Gasteiger partial charge in [-0.15, -0.1) is 0 Å². The molecule has 0 saturated heterocycles. The van der Waals surface area contributed by atoms with Gasteiger partial charge in [0.15, 0.2) is 0 Å². The van der Waals surface area contributed by atoms with Gasteiger partial charge in [-0.3, -0.25) is 9.59 Å². The second-order valence-electron chi connectivity index (χ2n) is 5.35. The van der Waals surface area contributed by atoms with Crippen molar-refractivity contribution >= 4 is 23.5 Å². The van der Waals surface area contributed by atoms with Crippen molar-refractivity contribution in [2.24, 2.45) is 0 Å². The molecule has 2 N–H and O–H groups in total. The second-order valence-corrected chi connectivity index (χ2v) is 5.35. The lowest BCUT2D eigenvalue weighted by Crippen LogP contribution is -2.36. The van der Waals surface area contributed by atoms with Crippen LogP contribution in [0.25, 0.3) is 0 Å². The Kier molecular flexibility index (Phi) is 6.73. The first-order valence-electron chi connectivity index (χ1n) is 7.94. The van der Waals surface area contributed by atoms with Gasteiger partial charge < -0.3 is 20.1 Å². The van der Waals surface area contributed by atoms with Crippen molar-refractivity contribution in [3.63, 3.8) is 0 Å². The lowest BCUT2D eigenvalue weighted by molar-refractivity contribution is -0.136. The van der Waals surface area contributed by atoms with E-state index in [1.165, 1.54) is 19.2 Å². The van der Waals surface area contributed by atoms with Crippen molar-refractivity contribution in [3.05, 3.63) is 59.7 Å². The monoisotopic (exact) mass is 356 g/mol. The van der Waals surface area contributed by atoms with Gasteiger partial charge >= 0.3 is 17.8 Å². The van der Waals surface area contributed by atoms with Crippen LogP contribution in [0.5, 0.6) is 5.75 Å². The maximum atomic E-state index is 12.0. The Morgan fingerprint density at radius 3 is 2.46 bits per heavy atom. The van der Waals surface area contributed by atoms with Gasteiger partial charge in [0.25, 0.3) is 0 Å². The van der Waals surface area contributed by atoms with Crippen molar-refractivity contribution in [1.82, 2.24) is 5.32 Å². The third kappa shape index (κ3) is 5.07. The number of carbonyl (C=O) groups is 3. The first-order chi connectivity index (χ1) is 12.5. The summed E-state index contributed by atoms with van der Waals surface area (Å²) in [5, 5.41) is 4.96.